The fourth-order valence-electron chi connectivity index (χ4n) is 0.777. The zero-order valence-corrected chi connectivity index (χ0v) is 8.04. The van der Waals surface area contributed by atoms with Gasteiger partial charge >= 0.3 is 0 Å². The van der Waals surface area contributed by atoms with E-state index in [2.05, 4.69) is 0 Å². The predicted octanol–water partition coefficient (Wildman–Crippen LogP) is 0.807. The number of para-hydroxylation sites is 1. The van der Waals surface area contributed by atoms with Crippen LogP contribution in [0.25, 0.3) is 0 Å². The van der Waals surface area contributed by atoms with Crippen molar-refractivity contribution in [3.05, 3.63) is 30.3 Å². The predicted molar refractivity (Wildman–Crippen MR) is 54.2 cm³/mol. The standard InChI is InChI=1S/C9H13NO2.ClH/c10-6-8(11)7-12-9-4-2-1-3-5-9;/h1-5,8,11H,6-7,10H2;1H. The molecule has 0 aliphatic carbocycles. The summed E-state index contributed by atoms with van der Waals surface area (Å²) in [6.45, 7) is 0.480. The van der Waals surface area contributed by atoms with Gasteiger partial charge in [-0.25, -0.2) is 0 Å². The summed E-state index contributed by atoms with van der Waals surface area (Å²) in [5.74, 6) is 0.755. The van der Waals surface area contributed by atoms with Crippen LogP contribution >= 0.6 is 12.4 Å². The Bertz CT molecular complexity index is 218. The van der Waals surface area contributed by atoms with Crippen LogP contribution in [0.3, 0.4) is 0 Å². The largest absolute Gasteiger partial charge is 0.491 e. The molecule has 1 unspecified atom stereocenters. The van der Waals surface area contributed by atoms with Gasteiger partial charge < -0.3 is 15.6 Å². The van der Waals surface area contributed by atoms with Gasteiger partial charge in [0.2, 0.25) is 0 Å². The molecule has 0 spiro atoms. The molecular weight excluding hydrogens is 190 g/mol. The third-order valence-electron chi connectivity index (χ3n) is 1.46. The summed E-state index contributed by atoms with van der Waals surface area (Å²) < 4.78 is 5.23. The van der Waals surface area contributed by atoms with E-state index in [1.54, 1.807) is 0 Å². The van der Waals surface area contributed by atoms with Gasteiger partial charge in [0, 0.05) is 6.54 Å². The highest BCUT2D eigenvalue weighted by molar-refractivity contribution is 5.85. The van der Waals surface area contributed by atoms with E-state index in [-0.39, 0.29) is 25.6 Å². The second-order valence-electron chi connectivity index (χ2n) is 2.51. The summed E-state index contributed by atoms with van der Waals surface area (Å²) in [6.07, 6.45) is -0.579. The smallest absolute Gasteiger partial charge is 0.119 e. The highest BCUT2D eigenvalue weighted by Crippen LogP contribution is 2.07. The Labute approximate surface area is 83.9 Å². The third kappa shape index (κ3) is 4.72. The minimum Gasteiger partial charge on any atom is -0.491 e. The molecule has 0 aromatic heterocycles. The molecule has 1 atom stereocenters. The van der Waals surface area contributed by atoms with Gasteiger partial charge in [0.15, 0.2) is 0 Å². The Hall–Kier alpha value is -0.770. The van der Waals surface area contributed by atoms with Crippen LogP contribution in [0.4, 0.5) is 0 Å². The quantitative estimate of drug-likeness (QED) is 0.762. The van der Waals surface area contributed by atoms with Crippen molar-refractivity contribution in [3.63, 3.8) is 0 Å². The zero-order valence-electron chi connectivity index (χ0n) is 7.22. The minimum atomic E-state index is -0.579. The maximum Gasteiger partial charge on any atom is 0.119 e. The van der Waals surface area contributed by atoms with E-state index in [0.29, 0.717) is 0 Å². The Morgan fingerprint density at radius 3 is 2.46 bits per heavy atom. The first-order valence-corrected chi connectivity index (χ1v) is 3.89. The average Bonchev–Trinajstić information content (AvgIpc) is 2.16. The van der Waals surface area contributed by atoms with Crippen molar-refractivity contribution in [1.82, 2.24) is 0 Å². The van der Waals surface area contributed by atoms with Crippen LogP contribution in [0.2, 0.25) is 0 Å². The van der Waals surface area contributed by atoms with Crippen molar-refractivity contribution in [3.8, 4) is 5.75 Å². The molecule has 74 valence electrons. The maximum absolute atomic E-state index is 9.07. The normalized spacial score (nSPS) is 11.5. The van der Waals surface area contributed by atoms with E-state index < -0.39 is 6.10 Å². The van der Waals surface area contributed by atoms with Crippen molar-refractivity contribution < 1.29 is 9.84 Å². The maximum atomic E-state index is 9.07. The first kappa shape index (κ1) is 12.2. The number of aliphatic hydroxyl groups is 1. The Kier molecular flexibility index (Phi) is 6.32. The van der Waals surface area contributed by atoms with Crippen LogP contribution in [0.15, 0.2) is 30.3 Å². The summed E-state index contributed by atoms with van der Waals surface area (Å²) in [4.78, 5) is 0. The number of ether oxygens (including phenoxy) is 1. The average molecular weight is 204 g/mol. The zero-order chi connectivity index (χ0) is 8.81. The fraction of sp³-hybridized carbons (Fsp3) is 0.333. The van der Waals surface area contributed by atoms with E-state index in [0.717, 1.165) is 5.75 Å². The Morgan fingerprint density at radius 2 is 1.92 bits per heavy atom. The van der Waals surface area contributed by atoms with E-state index in [1.807, 2.05) is 30.3 Å². The monoisotopic (exact) mass is 203 g/mol. The van der Waals surface area contributed by atoms with Gasteiger partial charge in [-0.15, -0.1) is 12.4 Å². The van der Waals surface area contributed by atoms with Crippen LogP contribution < -0.4 is 10.5 Å². The van der Waals surface area contributed by atoms with Crippen LogP contribution in [-0.4, -0.2) is 24.4 Å². The van der Waals surface area contributed by atoms with Crippen molar-refractivity contribution in [2.45, 2.75) is 6.10 Å². The molecule has 1 aromatic carbocycles. The summed E-state index contributed by atoms with van der Waals surface area (Å²) in [7, 11) is 0. The lowest BCUT2D eigenvalue weighted by Crippen LogP contribution is -2.26. The molecule has 0 fully saturated rings. The first-order valence-electron chi connectivity index (χ1n) is 3.89. The lowest BCUT2D eigenvalue weighted by molar-refractivity contribution is 0.114. The van der Waals surface area contributed by atoms with Gasteiger partial charge in [-0.3, -0.25) is 0 Å². The second kappa shape index (κ2) is 6.71. The molecule has 0 aliphatic heterocycles. The molecule has 0 aliphatic rings. The highest BCUT2D eigenvalue weighted by atomic mass is 35.5. The number of benzene rings is 1. The number of aliphatic hydroxyl groups excluding tert-OH is 1. The second-order valence-corrected chi connectivity index (χ2v) is 2.51. The molecule has 0 heterocycles. The lowest BCUT2D eigenvalue weighted by atomic mass is 10.3. The molecular formula is C9H14ClNO2. The molecule has 0 amide bonds. The number of rotatable bonds is 4. The molecule has 0 saturated carbocycles. The van der Waals surface area contributed by atoms with Crippen LogP contribution in [-0.2, 0) is 0 Å². The molecule has 3 N–H and O–H groups in total. The third-order valence-corrected chi connectivity index (χ3v) is 1.46. The molecule has 1 rings (SSSR count). The molecule has 13 heavy (non-hydrogen) atoms. The summed E-state index contributed by atoms with van der Waals surface area (Å²) in [6, 6.07) is 9.34. The summed E-state index contributed by atoms with van der Waals surface area (Å²) >= 11 is 0. The Balaban J connectivity index is 0.00000144. The number of nitrogens with two attached hydrogens (primary N) is 1. The van der Waals surface area contributed by atoms with Gasteiger partial charge in [-0.1, -0.05) is 18.2 Å². The SMILES string of the molecule is Cl.NCC(O)COc1ccccc1. The molecule has 0 saturated heterocycles. The van der Waals surface area contributed by atoms with E-state index in [4.69, 9.17) is 15.6 Å². The summed E-state index contributed by atoms with van der Waals surface area (Å²) in [5, 5.41) is 9.07. The van der Waals surface area contributed by atoms with Gasteiger partial charge in [0.25, 0.3) is 0 Å². The summed E-state index contributed by atoms with van der Waals surface area (Å²) in [5.41, 5.74) is 5.21. The lowest BCUT2D eigenvalue weighted by Gasteiger charge is -2.09. The highest BCUT2D eigenvalue weighted by Gasteiger charge is 2.00. The molecule has 0 radical (unpaired) electrons. The molecule has 4 heteroatoms. The van der Waals surface area contributed by atoms with Crippen molar-refractivity contribution >= 4 is 12.4 Å². The molecule has 0 bridgehead atoms. The van der Waals surface area contributed by atoms with Gasteiger partial charge in [-0.05, 0) is 12.1 Å². The van der Waals surface area contributed by atoms with E-state index in [1.165, 1.54) is 0 Å². The first-order chi connectivity index (χ1) is 5.83. The van der Waals surface area contributed by atoms with E-state index in [9.17, 15) is 0 Å². The van der Waals surface area contributed by atoms with Gasteiger partial charge in [-0.2, -0.15) is 0 Å². The molecule has 1 aromatic rings. The van der Waals surface area contributed by atoms with Gasteiger partial charge in [0.1, 0.15) is 18.5 Å². The number of hydrogen-bond donors (Lipinski definition) is 2. The topological polar surface area (TPSA) is 55.5 Å². The van der Waals surface area contributed by atoms with Crippen molar-refractivity contribution in [2.75, 3.05) is 13.2 Å². The van der Waals surface area contributed by atoms with Crippen LogP contribution in [0.1, 0.15) is 0 Å². The van der Waals surface area contributed by atoms with Crippen molar-refractivity contribution in [1.29, 1.82) is 0 Å². The fourth-order valence-corrected chi connectivity index (χ4v) is 0.777. The molecule has 3 nitrogen and oxygen atoms in total. The minimum absolute atomic E-state index is 0. The number of halogens is 1. The van der Waals surface area contributed by atoms with E-state index >= 15 is 0 Å². The van der Waals surface area contributed by atoms with Crippen LogP contribution in [0.5, 0.6) is 5.75 Å². The van der Waals surface area contributed by atoms with Crippen LogP contribution in [0, 0.1) is 0 Å². The van der Waals surface area contributed by atoms with Crippen molar-refractivity contribution in [2.24, 2.45) is 5.73 Å². The Morgan fingerprint density at radius 1 is 1.31 bits per heavy atom. The number of hydrogen-bond acceptors (Lipinski definition) is 3. The van der Waals surface area contributed by atoms with Gasteiger partial charge in [0.05, 0.1) is 0 Å².